The lowest BCUT2D eigenvalue weighted by molar-refractivity contribution is -0.139. The number of phenols is 1. The fraction of sp³-hybridized carbons (Fsp3) is 0.300. The largest absolute Gasteiger partial charge is 0.508 e. The minimum atomic E-state index is -1.25. The molecule has 1 fully saturated rings. The lowest BCUT2D eigenvalue weighted by Gasteiger charge is -2.07. The van der Waals surface area contributed by atoms with E-state index in [4.69, 9.17) is 22.4 Å². The summed E-state index contributed by atoms with van der Waals surface area (Å²) in [4.78, 5) is 10.8. The predicted molar refractivity (Wildman–Crippen MR) is 55.0 cm³/mol. The maximum absolute atomic E-state index is 10.8. The van der Waals surface area contributed by atoms with E-state index in [-0.39, 0.29) is 11.7 Å². The summed E-state index contributed by atoms with van der Waals surface area (Å²) < 4.78 is 0. The van der Waals surface area contributed by atoms with Crippen molar-refractivity contribution in [3.05, 3.63) is 28.8 Å². The Morgan fingerprint density at radius 2 is 2.27 bits per heavy atom. The number of hydrogen-bond acceptors (Lipinski definition) is 3. The van der Waals surface area contributed by atoms with Crippen LogP contribution in [0.2, 0.25) is 5.02 Å². The molecular weight excluding hydrogens is 218 g/mol. The van der Waals surface area contributed by atoms with Crippen LogP contribution < -0.4 is 5.73 Å². The zero-order chi connectivity index (χ0) is 11.2. The molecule has 80 valence electrons. The van der Waals surface area contributed by atoms with Crippen molar-refractivity contribution >= 4 is 17.6 Å². The molecule has 1 aromatic rings. The normalized spacial score (nSPS) is 28.8. The van der Waals surface area contributed by atoms with Crippen LogP contribution in [0.1, 0.15) is 17.9 Å². The van der Waals surface area contributed by atoms with E-state index in [2.05, 4.69) is 0 Å². The number of aliphatic carboxylic acids is 1. The van der Waals surface area contributed by atoms with Crippen LogP contribution >= 0.6 is 11.6 Å². The first-order chi connectivity index (χ1) is 6.95. The molecule has 0 amide bonds. The summed E-state index contributed by atoms with van der Waals surface area (Å²) in [6.45, 7) is 0. The molecular formula is C10H10ClNO3. The summed E-state index contributed by atoms with van der Waals surface area (Å²) in [6, 6.07) is 4.54. The Bertz CT molecular complexity index is 435. The third-order valence-electron chi connectivity index (χ3n) is 2.77. The van der Waals surface area contributed by atoms with E-state index in [0.29, 0.717) is 17.0 Å². The number of nitrogens with two attached hydrogens (primary N) is 1. The van der Waals surface area contributed by atoms with Gasteiger partial charge in [-0.25, -0.2) is 0 Å². The van der Waals surface area contributed by atoms with E-state index in [1.54, 1.807) is 12.1 Å². The minimum Gasteiger partial charge on any atom is -0.508 e. The average molecular weight is 228 g/mol. The van der Waals surface area contributed by atoms with Crippen molar-refractivity contribution < 1.29 is 15.0 Å². The fourth-order valence-electron chi connectivity index (χ4n) is 1.71. The van der Waals surface area contributed by atoms with E-state index in [0.717, 1.165) is 0 Å². The highest BCUT2D eigenvalue weighted by Gasteiger charge is 2.59. The third-order valence-corrected chi connectivity index (χ3v) is 3.00. The first kappa shape index (κ1) is 10.3. The summed E-state index contributed by atoms with van der Waals surface area (Å²) in [5.74, 6) is -1.36. The van der Waals surface area contributed by atoms with E-state index < -0.39 is 11.5 Å². The van der Waals surface area contributed by atoms with E-state index in [1.165, 1.54) is 6.07 Å². The SMILES string of the molecule is NC1(C(=O)O)CC1c1cc(Cl)ccc1O. The Morgan fingerprint density at radius 3 is 2.80 bits per heavy atom. The van der Waals surface area contributed by atoms with Gasteiger partial charge in [0.05, 0.1) is 0 Å². The highest BCUT2D eigenvalue weighted by Crippen LogP contribution is 2.52. The van der Waals surface area contributed by atoms with Crippen molar-refractivity contribution in [2.24, 2.45) is 5.73 Å². The molecule has 0 radical (unpaired) electrons. The highest BCUT2D eigenvalue weighted by atomic mass is 35.5. The van der Waals surface area contributed by atoms with Crippen molar-refractivity contribution in [3.63, 3.8) is 0 Å². The number of phenolic OH excluding ortho intramolecular Hbond substituents is 1. The molecule has 4 nitrogen and oxygen atoms in total. The van der Waals surface area contributed by atoms with Gasteiger partial charge in [-0.3, -0.25) is 4.79 Å². The lowest BCUT2D eigenvalue weighted by Crippen LogP contribution is -2.34. The summed E-state index contributed by atoms with van der Waals surface area (Å²) in [6.07, 6.45) is 0.330. The lowest BCUT2D eigenvalue weighted by atomic mass is 10.1. The zero-order valence-corrected chi connectivity index (χ0v) is 8.53. The summed E-state index contributed by atoms with van der Waals surface area (Å²) >= 11 is 5.76. The molecule has 0 aliphatic heterocycles. The molecule has 1 aromatic carbocycles. The Morgan fingerprint density at radius 1 is 1.60 bits per heavy atom. The highest BCUT2D eigenvalue weighted by molar-refractivity contribution is 6.30. The van der Waals surface area contributed by atoms with Gasteiger partial charge in [-0.05, 0) is 24.6 Å². The monoisotopic (exact) mass is 227 g/mol. The molecule has 1 saturated carbocycles. The Kier molecular flexibility index (Phi) is 2.13. The van der Waals surface area contributed by atoms with Crippen LogP contribution in [0.15, 0.2) is 18.2 Å². The van der Waals surface area contributed by atoms with Crippen molar-refractivity contribution in [3.8, 4) is 5.75 Å². The Hall–Kier alpha value is -1.26. The summed E-state index contributed by atoms with van der Waals surface area (Å²) in [5, 5.41) is 18.9. The maximum atomic E-state index is 10.8. The minimum absolute atomic E-state index is 0.0398. The topological polar surface area (TPSA) is 83.6 Å². The van der Waals surface area contributed by atoms with Crippen LogP contribution in [0, 0.1) is 0 Å². The first-order valence-electron chi connectivity index (χ1n) is 4.46. The molecule has 2 rings (SSSR count). The molecule has 0 aromatic heterocycles. The molecule has 0 heterocycles. The van der Waals surface area contributed by atoms with E-state index >= 15 is 0 Å². The quantitative estimate of drug-likeness (QED) is 0.712. The van der Waals surface area contributed by atoms with Crippen molar-refractivity contribution in [1.82, 2.24) is 0 Å². The van der Waals surface area contributed by atoms with Gasteiger partial charge in [0.2, 0.25) is 0 Å². The second-order valence-electron chi connectivity index (χ2n) is 3.81. The number of hydrogen-bond donors (Lipinski definition) is 3. The number of halogens is 1. The summed E-state index contributed by atoms with van der Waals surface area (Å²) in [5.41, 5.74) is 4.89. The van der Waals surface area contributed by atoms with Gasteiger partial charge in [-0.1, -0.05) is 11.6 Å². The number of carboxylic acid groups (broad SMARTS) is 1. The van der Waals surface area contributed by atoms with Crippen LogP contribution in [-0.4, -0.2) is 21.7 Å². The molecule has 1 aliphatic rings. The Labute approximate surface area is 91.3 Å². The molecule has 4 N–H and O–H groups in total. The molecule has 1 aliphatic carbocycles. The third kappa shape index (κ3) is 1.56. The molecule has 0 bridgehead atoms. The molecule has 0 spiro atoms. The maximum Gasteiger partial charge on any atom is 0.324 e. The van der Waals surface area contributed by atoms with Crippen LogP contribution in [-0.2, 0) is 4.79 Å². The second kappa shape index (κ2) is 3.12. The molecule has 5 heteroatoms. The first-order valence-corrected chi connectivity index (χ1v) is 4.83. The molecule has 2 atom stereocenters. The van der Waals surface area contributed by atoms with Gasteiger partial charge in [0.15, 0.2) is 0 Å². The van der Waals surface area contributed by atoms with Crippen LogP contribution in [0.3, 0.4) is 0 Å². The number of aromatic hydroxyl groups is 1. The zero-order valence-electron chi connectivity index (χ0n) is 7.77. The van der Waals surface area contributed by atoms with Gasteiger partial charge in [-0.15, -0.1) is 0 Å². The van der Waals surface area contributed by atoms with Crippen LogP contribution in [0.25, 0.3) is 0 Å². The smallest absolute Gasteiger partial charge is 0.324 e. The van der Waals surface area contributed by atoms with Gasteiger partial charge in [0.25, 0.3) is 0 Å². The second-order valence-corrected chi connectivity index (χ2v) is 4.24. The van der Waals surface area contributed by atoms with Gasteiger partial charge < -0.3 is 15.9 Å². The number of carboxylic acids is 1. The number of rotatable bonds is 2. The molecule has 2 unspecified atom stereocenters. The number of benzene rings is 1. The summed E-state index contributed by atoms with van der Waals surface area (Å²) in [7, 11) is 0. The van der Waals surface area contributed by atoms with Crippen molar-refractivity contribution in [1.29, 1.82) is 0 Å². The van der Waals surface area contributed by atoms with Crippen molar-refractivity contribution in [2.75, 3.05) is 0 Å². The van der Waals surface area contributed by atoms with Gasteiger partial charge >= 0.3 is 5.97 Å². The van der Waals surface area contributed by atoms with Crippen LogP contribution in [0.5, 0.6) is 5.75 Å². The number of carbonyl (C=O) groups is 1. The predicted octanol–water partition coefficient (Wildman–Crippen LogP) is 1.31. The van der Waals surface area contributed by atoms with E-state index in [9.17, 15) is 9.90 Å². The van der Waals surface area contributed by atoms with Gasteiger partial charge in [0, 0.05) is 16.5 Å². The van der Waals surface area contributed by atoms with Crippen molar-refractivity contribution in [2.45, 2.75) is 17.9 Å². The van der Waals surface area contributed by atoms with Gasteiger partial charge in [0.1, 0.15) is 11.3 Å². The van der Waals surface area contributed by atoms with E-state index in [1.807, 2.05) is 0 Å². The Balaban J connectivity index is 2.34. The standard InChI is InChI=1S/C10H10ClNO3/c11-5-1-2-8(13)6(3-5)7-4-10(7,12)9(14)15/h1-3,7,13H,4,12H2,(H,14,15). The van der Waals surface area contributed by atoms with Gasteiger partial charge in [-0.2, -0.15) is 0 Å². The molecule has 0 saturated heterocycles. The molecule has 15 heavy (non-hydrogen) atoms. The average Bonchev–Trinajstić information content (AvgIpc) is 2.84. The van der Waals surface area contributed by atoms with Crippen LogP contribution in [0.4, 0.5) is 0 Å². The fourth-order valence-corrected chi connectivity index (χ4v) is 1.89.